The number of nitrogens with one attached hydrogen (secondary N) is 1. The molecule has 0 atom stereocenters. The molecule has 0 radical (unpaired) electrons. The van der Waals surface area contributed by atoms with Crippen molar-refractivity contribution in [1.82, 2.24) is 15.3 Å². The van der Waals surface area contributed by atoms with Crippen LogP contribution in [0.2, 0.25) is 0 Å². The minimum Gasteiger partial charge on any atom is -0.422 e. The molecule has 2 heterocycles. The van der Waals surface area contributed by atoms with Crippen molar-refractivity contribution < 1.29 is 22.4 Å². The fraction of sp³-hybridized carbons (Fsp3) is 0.222. The summed E-state index contributed by atoms with van der Waals surface area (Å²) in [5.74, 6) is -0.730. The van der Waals surface area contributed by atoms with Gasteiger partial charge in [-0.1, -0.05) is 18.2 Å². The summed E-state index contributed by atoms with van der Waals surface area (Å²) < 4.78 is 43.4. The molecule has 27 heavy (non-hydrogen) atoms. The van der Waals surface area contributed by atoms with Gasteiger partial charge in [-0.2, -0.15) is 13.2 Å². The lowest BCUT2D eigenvalue weighted by Gasteiger charge is -2.09. The van der Waals surface area contributed by atoms with E-state index in [-0.39, 0.29) is 30.0 Å². The molecule has 140 valence electrons. The Morgan fingerprint density at radius 3 is 2.67 bits per heavy atom. The maximum Gasteiger partial charge on any atom is 0.433 e. The number of aromatic nitrogens is 2. The van der Waals surface area contributed by atoms with Gasteiger partial charge in [0.05, 0.1) is 0 Å². The molecular formula is C18H14F3N3O3. The number of hydrogen-bond donors (Lipinski definition) is 1. The molecule has 0 bridgehead atoms. The Morgan fingerprint density at radius 1 is 1.19 bits per heavy atom. The van der Waals surface area contributed by atoms with Crippen LogP contribution in [-0.2, 0) is 12.6 Å². The monoisotopic (exact) mass is 377 g/mol. The number of nitrogens with zero attached hydrogens (tertiary/aromatic N) is 2. The summed E-state index contributed by atoms with van der Waals surface area (Å²) >= 11 is 0. The van der Waals surface area contributed by atoms with Crippen LogP contribution >= 0.6 is 0 Å². The van der Waals surface area contributed by atoms with Crippen molar-refractivity contribution >= 4 is 16.9 Å². The molecule has 0 saturated heterocycles. The summed E-state index contributed by atoms with van der Waals surface area (Å²) in [6.07, 6.45) is -4.59. The van der Waals surface area contributed by atoms with Crippen LogP contribution in [0, 0.1) is 6.92 Å². The van der Waals surface area contributed by atoms with Crippen molar-refractivity contribution in [1.29, 1.82) is 0 Å². The molecule has 1 aromatic carbocycles. The largest absolute Gasteiger partial charge is 0.433 e. The Balaban J connectivity index is 1.71. The fourth-order valence-electron chi connectivity index (χ4n) is 2.49. The van der Waals surface area contributed by atoms with Crippen LogP contribution in [0.1, 0.15) is 27.6 Å². The highest BCUT2D eigenvalue weighted by Gasteiger charge is 2.33. The summed E-state index contributed by atoms with van der Waals surface area (Å²) in [5.41, 5.74) is -1.49. The molecule has 6 nitrogen and oxygen atoms in total. The Kier molecular flexibility index (Phi) is 4.93. The van der Waals surface area contributed by atoms with Gasteiger partial charge in [-0.25, -0.2) is 14.8 Å². The van der Waals surface area contributed by atoms with E-state index < -0.39 is 23.4 Å². The molecule has 0 aliphatic carbocycles. The number of carbonyl (C=O) groups is 1. The molecule has 0 fully saturated rings. The highest BCUT2D eigenvalue weighted by Crippen LogP contribution is 2.27. The molecule has 1 amide bonds. The third-order valence-corrected chi connectivity index (χ3v) is 3.71. The van der Waals surface area contributed by atoms with Crippen LogP contribution in [0.15, 0.2) is 45.6 Å². The molecule has 0 aliphatic rings. The lowest BCUT2D eigenvalue weighted by Crippen LogP contribution is -2.30. The first kappa shape index (κ1) is 18.6. The van der Waals surface area contributed by atoms with E-state index in [2.05, 4.69) is 15.3 Å². The second kappa shape index (κ2) is 7.18. The van der Waals surface area contributed by atoms with Crippen molar-refractivity contribution in [3.8, 4) is 0 Å². The number of fused-ring (bicyclic) bond motifs is 1. The maximum atomic E-state index is 12.8. The van der Waals surface area contributed by atoms with Crippen LogP contribution < -0.4 is 10.9 Å². The summed E-state index contributed by atoms with van der Waals surface area (Å²) in [4.78, 5) is 31.5. The van der Waals surface area contributed by atoms with Crippen molar-refractivity contribution in [3.05, 3.63) is 69.6 Å². The first-order valence-electron chi connectivity index (χ1n) is 7.97. The van der Waals surface area contributed by atoms with Gasteiger partial charge in [0.2, 0.25) is 0 Å². The van der Waals surface area contributed by atoms with E-state index in [9.17, 15) is 22.8 Å². The van der Waals surface area contributed by atoms with Gasteiger partial charge < -0.3 is 9.73 Å². The number of carbonyl (C=O) groups excluding carboxylic acids is 1. The SMILES string of the molecule is Cc1cc(C(F)(F)F)nc(CCNC(=O)c2cc3ccccc3oc2=O)n1. The smallest absolute Gasteiger partial charge is 0.422 e. The number of benzene rings is 1. The molecule has 0 spiro atoms. The zero-order valence-corrected chi connectivity index (χ0v) is 14.1. The van der Waals surface area contributed by atoms with Gasteiger partial charge in [-0.3, -0.25) is 4.79 Å². The zero-order chi connectivity index (χ0) is 19.6. The van der Waals surface area contributed by atoms with Crippen molar-refractivity contribution in [2.45, 2.75) is 19.5 Å². The predicted molar refractivity (Wildman–Crippen MR) is 90.3 cm³/mol. The Morgan fingerprint density at radius 2 is 1.93 bits per heavy atom. The standard InChI is InChI=1S/C18H14F3N3O3/c1-10-8-14(18(19,20)21)24-15(23-10)6-7-22-16(25)12-9-11-4-2-3-5-13(11)27-17(12)26/h2-5,8-9H,6-7H2,1H3,(H,22,25). The molecule has 1 N–H and O–H groups in total. The third kappa shape index (κ3) is 4.30. The van der Waals surface area contributed by atoms with Crippen molar-refractivity contribution in [2.75, 3.05) is 6.54 Å². The summed E-state index contributed by atoms with van der Waals surface area (Å²) in [6.45, 7) is 1.39. The van der Waals surface area contributed by atoms with Gasteiger partial charge in [0.25, 0.3) is 5.91 Å². The molecule has 0 aliphatic heterocycles. The minimum atomic E-state index is -4.57. The predicted octanol–water partition coefficient (Wildman–Crippen LogP) is 2.88. The summed E-state index contributed by atoms with van der Waals surface area (Å²) in [5, 5.41) is 3.05. The maximum absolute atomic E-state index is 12.8. The van der Waals surface area contributed by atoms with E-state index in [4.69, 9.17) is 4.42 Å². The lowest BCUT2D eigenvalue weighted by molar-refractivity contribution is -0.141. The molecule has 3 aromatic rings. The average Bonchev–Trinajstić information content (AvgIpc) is 2.59. The van der Waals surface area contributed by atoms with Gasteiger partial charge in [0.15, 0.2) is 0 Å². The van der Waals surface area contributed by atoms with Gasteiger partial charge in [0.1, 0.15) is 22.7 Å². The van der Waals surface area contributed by atoms with Crippen LogP contribution in [0.3, 0.4) is 0 Å². The number of halogens is 3. The molecule has 9 heteroatoms. The number of alkyl halides is 3. The van der Waals surface area contributed by atoms with E-state index >= 15 is 0 Å². The average molecular weight is 377 g/mol. The van der Waals surface area contributed by atoms with Gasteiger partial charge >= 0.3 is 11.8 Å². The summed E-state index contributed by atoms with van der Waals surface area (Å²) in [6, 6.07) is 8.98. The van der Waals surface area contributed by atoms with E-state index in [1.165, 1.54) is 13.0 Å². The van der Waals surface area contributed by atoms with Gasteiger partial charge in [-0.05, 0) is 25.1 Å². The van der Waals surface area contributed by atoms with Gasteiger partial charge in [-0.15, -0.1) is 0 Å². The Labute approximate surface area is 151 Å². The Bertz CT molecular complexity index is 1060. The third-order valence-electron chi connectivity index (χ3n) is 3.71. The number of aryl methyl sites for hydroxylation is 1. The molecule has 0 saturated carbocycles. The van der Waals surface area contributed by atoms with Crippen molar-refractivity contribution in [2.24, 2.45) is 0 Å². The number of amides is 1. The van der Waals surface area contributed by atoms with E-state index in [0.29, 0.717) is 11.0 Å². The fourth-order valence-corrected chi connectivity index (χ4v) is 2.49. The first-order chi connectivity index (χ1) is 12.7. The zero-order valence-electron chi connectivity index (χ0n) is 14.1. The molecule has 2 aromatic heterocycles. The molecule has 0 unspecified atom stereocenters. The van der Waals surface area contributed by atoms with E-state index in [0.717, 1.165) is 6.07 Å². The normalized spacial score (nSPS) is 11.6. The van der Waals surface area contributed by atoms with Crippen LogP contribution in [0.4, 0.5) is 13.2 Å². The van der Waals surface area contributed by atoms with Crippen molar-refractivity contribution in [3.63, 3.8) is 0 Å². The lowest BCUT2D eigenvalue weighted by atomic mass is 10.2. The van der Waals surface area contributed by atoms with Crippen LogP contribution in [0.25, 0.3) is 11.0 Å². The topological polar surface area (TPSA) is 85.1 Å². The van der Waals surface area contributed by atoms with Gasteiger partial charge in [0, 0.05) is 24.0 Å². The van der Waals surface area contributed by atoms with E-state index in [1.54, 1.807) is 24.3 Å². The number of hydrogen-bond acceptors (Lipinski definition) is 5. The minimum absolute atomic E-state index is 0.0184. The van der Waals surface area contributed by atoms with Crippen LogP contribution in [-0.4, -0.2) is 22.4 Å². The highest BCUT2D eigenvalue weighted by molar-refractivity contribution is 5.96. The van der Waals surface area contributed by atoms with E-state index in [1.807, 2.05) is 0 Å². The number of rotatable bonds is 4. The first-order valence-corrected chi connectivity index (χ1v) is 7.97. The number of para-hydroxylation sites is 1. The second-order valence-corrected chi connectivity index (χ2v) is 5.80. The Hall–Kier alpha value is -3.23. The quantitative estimate of drug-likeness (QED) is 0.707. The second-order valence-electron chi connectivity index (χ2n) is 5.80. The van der Waals surface area contributed by atoms with Crippen LogP contribution in [0.5, 0.6) is 0 Å². The molecular weight excluding hydrogens is 363 g/mol. The molecule has 3 rings (SSSR count). The summed E-state index contributed by atoms with van der Waals surface area (Å²) in [7, 11) is 0. The highest BCUT2D eigenvalue weighted by atomic mass is 19.4.